The summed E-state index contributed by atoms with van der Waals surface area (Å²) in [6.45, 7) is 4.31. The van der Waals surface area contributed by atoms with E-state index in [2.05, 4.69) is 13.8 Å². The molecule has 0 rings (SSSR count). The van der Waals surface area contributed by atoms with Crippen LogP contribution in [0.2, 0.25) is 0 Å². The number of unbranched alkanes of at least 4 members (excludes halogenated alkanes) is 1. The van der Waals surface area contributed by atoms with Crippen molar-refractivity contribution in [3.63, 3.8) is 0 Å². The van der Waals surface area contributed by atoms with E-state index in [9.17, 15) is 4.79 Å². The third-order valence-corrected chi connectivity index (χ3v) is 1.42. The minimum absolute atomic E-state index is 0. The van der Waals surface area contributed by atoms with E-state index in [0.29, 0.717) is 12.3 Å². The fraction of sp³-hybridized carbons (Fsp3) is 0.875. The summed E-state index contributed by atoms with van der Waals surface area (Å²) in [5.74, 6) is 0.0255. The molecule has 71 valence electrons. The molecule has 0 aliphatic rings. The Morgan fingerprint density at radius 2 is 1.91 bits per heavy atom. The summed E-state index contributed by atoms with van der Waals surface area (Å²) in [6, 6.07) is 0. The summed E-state index contributed by atoms with van der Waals surface area (Å²) >= 11 is 0. The van der Waals surface area contributed by atoms with Gasteiger partial charge >= 0.3 is 5.97 Å². The van der Waals surface area contributed by atoms with Gasteiger partial charge in [-0.25, -0.2) is 0 Å². The maximum Gasteiger partial charge on any atom is 0.303 e. The summed E-state index contributed by atoms with van der Waals surface area (Å²) in [5, 5.41) is 8.28. The average molecular weight is 309 g/mol. The van der Waals surface area contributed by atoms with Gasteiger partial charge in [-0.15, -0.1) is 0 Å². The van der Waals surface area contributed by atoms with Crippen LogP contribution in [0.4, 0.5) is 0 Å². The van der Waals surface area contributed by atoms with Gasteiger partial charge in [-0.3, -0.25) is 4.79 Å². The van der Waals surface area contributed by atoms with Crippen molar-refractivity contribution in [2.75, 3.05) is 0 Å². The number of hydrogen-bond acceptors (Lipinski definition) is 1. The van der Waals surface area contributed by atoms with Crippen molar-refractivity contribution >= 4 is 5.97 Å². The van der Waals surface area contributed by atoms with Crippen LogP contribution >= 0.6 is 0 Å². The molecule has 0 atom stereocenters. The van der Waals surface area contributed by atoms with Crippen LogP contribution in [0, 0.1) is 43.7 Å². The van der Waals surface area contributed by atoms with E-state index >= 15 is 0 Å². The molecule has 0 aromatic rings. The minimum atomic E-state index is -0.677. The minimum Gasteiger partial charge on any atom is -0.481 e. The SMILES string of the molecule is CC(C)CCCCC(=O)O.[Ho]. The molecule has 1 radical (unpaired) electrons. The Hall–Kier alpha value is 0.730. The van der Waals surface area contributed by atoms with Crippen molar-refractivity contribution in [1.82, 2.24) is 0 Å². The Morgan fingerprint density at radius 1 is 1.36 bits per heavy atom. The Bertz CT molecular complexity index is 102. The first-order valence-corrected chi connectivity index (χ1v) is 3.84. The molecule has 0 spiro atoms. The van der Waals surface area contributed by atoms with Gasteiger partial charge < -0.3 is 5.11 Å². The van der Waals surface area contributed by atoms with Crippen LogP contribution in [0.1, 0.15) is 39.5 Å². The van der Waals surface area contributed by atoms with E-state index in [-0.39, 0.29) is 37.7 Å². The van der Waals surface area contributed by atoms with Gasteiger partial charge in [-0.05, 0) is 12.3 Å². The van der Waals surface area contributed by atoms with Crippen molar-refractivity contribution < 1.29 is 47.6 Å². The standard InChI is InChI=1S/C8H16O2.Ho/c1-7(2)5-3-4-6-8(9)10;/h7H,3-6H2,1-2H3,(H,9,10);. The van der Waals surface area contributed by atoms with Crippen molar-refractivity contribution in [2.45, 2.75) is 39.5 Å². The summed E-state index contributed by atoms with van der Waals surface area (Å²) in [7, 11) is 0. The third-order valence-electron chi connectivity index (χ3n) is 1.42. The predicted octanol–water partition coefficient (Wildman–Crippen LogP) is 2.29. The van der Waals surface area contributed by atoms with Crippen LogP contribution in [-0.2, 0) is 4.79 Å². The smallest absolute Gasteiger partial charge is 0.303 e. The van der Waals surface area contributed by atoms with Crippen LogP contribution < -0.4 is 0 Å². The van der Waals surface area contributed by atoms with Crippen LogP contribution in [-0.4, -0.2) is 11.1 Å². The quantitative estimate of drug-likeness (QED) is 0.625. The van der Waals surface area contributed by atoms with Crippen molar-refractivity contribution in [1.29, 1.82) is 0 Å². The molecule has 0 fully saturated rings. The normalized spacial score (nSPS) is 9.36. The maximum absolute atomic E-state index is 10.0. The van der Waals surface area contributed by atoms with Gasteiger partial charge in [0.15, 0.2) is 0 Å². The number of rotatable bonds is 5. The van der Waals surface area contributed by atoms with Crippen molar-refractivity contribution in [3.05, 3.63) is 0 Å². The number of hydrogen-bond donors (Lipinski definition) is 1. The number of carboxylic acid groups (broad SMARTS) is 1. The van der Waals surface area contributed by atoms with E-state index in [1.54, 1.807) is 0 Å². The third kappa shape index (κ3) is 13.7. The zero-order valence-electron chi connectivity index (χ0n) is 7.06. The zero-order chi connectivity index (χ0) is 7.98. The van der Waals surface area contributed by atoms with Gasteiger partial charge in [0.2, 0.25) is 0 Å². The molecule has 0 aromatic carbocycles. The molecule has 1 N–H and O–H groups in total. The molecule has 0 saturated carbocycles. The van der Waals surface area contributed by atoms with Gasteiger partial charge in [0.1, 0.15) is 0 Å². The van der Waals surface area contributed by atoms with E-state index in [1.807, 2.05) is 0 Å². The van der Waals surface area contributed by atoms with Crippen LogP contribution in [0.5, 0.6) is 0 Å². The van der Waals surface area contributed by atoms with E-state index < -0.39 is 5.97 Å². The second-order valence-corrected chi connectivity index (χ2v) is 3.03. The molecule has 0 bridgehead atoms. The summed E-state index contributed by atoms with van der Waals surface area (Å²) in [4.78, 5) is 10.0. The molecule has 0 unspecified atom stereocenters. The predicted molar refractivity (Wildman–Crippen MR) is 40.9 cm³/mol. The first-order valence-electron chi connectivity index (χ1n) is 3.84. The number of aliphatic carboxylic acids is 1. The van der Waals surface area contributed by atoms with Gasteiger partial charge in [-0.1, -0.05) is 26.7 Å². The molecular weight excluding hydrogens is 293 g/mol. The molecule has 0 aromatic heterocycles. The molecule has 0 aliphatic heterocycles. The second kappa shape index (κ2) is 8.82. The summed E-state index contributed by atoms with van der Waals surface area (Å²) < 4.78 is 0. The molecule has 0 saturated heterocycles. The Morgan fingerprint density at radius 3 is 2.27 bits per heavy atom. The average Bonchev–Trinajstić information content (AvgIpc) is 1.79. The summed E-state index contributed by atoms with van der Waals surface area (Å²) in [5.41, 5.74) is 0. The fourth-order valence-corrected chi connectivity index (χ4v) is 0.829. The molecular formula is C8H16HoO2. The van der Waals surface area contributed by atoms with Crippen molar-refractivity contribution in [2.24, 2.45) is 5.92 Å². The van der Waals surface area contributed by atoms with Gasteiger partial charge in [0, 0.05) is 44.2 Å². The molecule has 0 amide bonds. The number of carboxylic acids is 1. The first-order chi connectivity index (χ1) is 4.63. The van der Waals surface area contributed by atoms with E-state index in [1.165, 1.54) is 0 Å². The van der Waals surface area contributed by atoms with Crippen LogP contribution in [0.3, 0.4) is 0 Å². The second-order valence-electron chi connectivity index (χ2n) is 3.03. The largest absolute Gasteiger partial charge is 0.481 e. The summed E-state index contributed by atoms with van der Waals surface area (Å²) in [6.07, 6.45) is 3.34. The van der Waals surface area contributed by atoms with Crippen LogP contribution in [0.25, 0.3) is 0 Å². The Balaban J connectivity index is 0. The van der Waals surface area contributed by atoms with Crippen LogP contribution in [0.15, 0.2) is 0 Å². The van der Waals surface area contributed by atoms with Gasteiger partial charge in [0.05, 0.1) is 0 Å². The molecule has 2 nitrogen and oxygen atoms in total. The first kappa shape index (κ1) is 14.3. The molecule has 0 heterocycles. The molecule has 11 heavy (non-hydrogen) atoms. The zero-order valence-corrected chi connectivity index (χ0v) is 9.00. The maximum atomic E-state index is 10.0. The Kier molecular flexibility index (Phi) is 11.4. The molecule has 3 heteroatoms. The Labute approximate surface area is 98.4 Å². The fourth-order valence-electron chi connectivity index (χ4n) is 0.829. The van der Waals surface area contributed by atoms with Gasteiger partial charge in [-0.2, -0.15) is 0 Å². The monoisotopic (exact) mass is 309 g/mol. The number of carbonyl (C=O) groups is 1. The van der Waals surface area contributed by atoms with Gasteiger partial charge in [0.25, 0.3) is 0 Å². The van der Waals surface area contributed by atoms with Crippen molar-refractivity contribution in [3.8, 4) is 0 Å². The molecule has 0 aliphatic carbocycles. The van der Waals surface area contributed by atoms with E-state index in [0.717, 1.165) is 19.3 Å². The van der Waals surface area contributed by atoms with E-state index in [4.69, 9.17) is 5.11 Å². The topological polar surface area (TPSA) is 37.3 Å².